The molecule has 5 rings (SSSR count). The summed E-state index contributed by atoms with van der Waals surface area (Å²) in [6.07, 6.45) is 9.57. The van der Waals surface area contributed by atoms with Crippen LogP contribution in [0.4, 0.5) is 5.69 Å². The van der Waals surface area contributed by atoms with E-state index in [0.29, 0.717) is 16.1 Å². The van der Waals surface area contributed by atoms with Crippen molar-refractivity contribution in [2.75, 3.05) is 25.5 Å². The average Bonchev–Trinajstić information content (AvgIpc) is 3.47. The minimum atomic E-state index is -0.489. The molecule has 1 aliphatic carbocycles. The lowest BCUT2D eigenvalue weighted by atomic mass is 9.75. The van der Waals surface area contributed by atoms with Gasteiger partial charge in [0, 0.05) is 18.5 Å². The summed E-state index contributed by atoms with van der Waals surface area (Å²) in [6.45, 7) is 3.07. The van der Waals surface area contributed by atoms with E-state index >= 15 is 0 Å². The number of amides is 1. The lowest BCUT2D eigenvalue weighted by Crippen LogP contribution is -2.41. The van der Waals surface area contributed by atoms with Gasteiger partial charge in [0.2, 0.25) is 0 Å². The van der Waals surface area contributed by atoms with Crippen LogP contribution in [0.15, 0.2) is 35.1 Å². The summed E-state index contributed by atoms with van der Waals surface area (Å²) in [5.41, 5.74) is 1.80. The quantitative estimate of drug-likeness (QED) is 0.551. The van der Waals surface area contributed by atoms with E-state index < -0.39 is 5.97 Å². The molecule has 0 unspecified atom stereocenters. The first-order valence-corrected chi connectivity index (χ1v) is 12.0. The molecule has 1 aliphatic heterocycles. The molecule has 3 aromatic rings. The van der Waals surface area contributed by atoms with E-state index in [2.05, 4.69) is 10.2 Å². The van der Waals surface area contributed by atoms with Gasteiger partial charge in [0.05, 0.1) is 30.3 Å². The molecule has 3 aromatic heterocycles. The molecule has 7 nitrogen and oxygen atoms in total. The van der Waals surface area contributed by atoms with E-state index in [1.807, 2.05) is 12.1 Å². The molecule has 0 spiro atoms. The molecule has 1 amide bonds. The first-order valence-electron chi connectivity index (χ1n) is 11.2. The second-order valence-corrected chi connectivity index (χ2v) is 9.75. The number of furan rings is 1. The Kier molecular flexibility index (Phi) is 5.97. The Morgan fingerprint density at radius 3 is 2.84 bits per heavy atom. The van der Waals surface area contributed by atoms with Gasteiger partial charge in [-0.25, -0.2) is 9.78 Å². The zero-order valence-corrected chi connectivity index (χ0v) is 19.0. The van der Waals surface area contributed by atoms with Gasteiger partial charge in [-0.05, 0) is 49.4 Å². The standard InChI is InChI=1S/C24H27N3O4S/c1-30-24(29)21-20(26-22(28)17-9-11-31-14-17)19-7-6-18(25-23(19)32-21)13-27-10-8-15-4-2-3-5-16(15)12-27/h6-7,9,11,14-16H,2-5,8,10,12-13H2,1H3,(H,26,28)/t15-,16-/m0/s1. The Balaban J connectivity index is 1.39. The zero-order chi connectivity index (χ0) is 22.1. The second-order valence-electron chi connectivity index (χ2n) is 8.75. The van der Waals surface area contributed by atoms with E-state index in [9.17, 15) is 9.59 Å². The summed E-state index contributed by atoms with van der Waals surface area (Å²) >= 11 is 1.25. The molecule has 8 heteroatoms. The molecular formula is C24H27N3O4S. The number of anilines is 1. The Bertz CT molecular complexity index is 1120. The van der Waals surface area contributed by atoms with Crippen LogP contribution < -0.4 is 5.32 Å². The predicted octanol–water partition coefficient (Wildman–Crippen LogP) is 4.94. The third kappa shape index (κ3) is 4.17. The second kappa shape index (κ2) is 9.03. The SMILES string of the molecule is COC(=O)c1sc2nc(CN3CC[C@@H]4CCCC[C@H]4C3)ccc2c1NC(=O)c1ccoc1. The maximum absolute atomic E-state index is 12.6. The van der Waals surface area contributed by atoms with Crippen LogP contribution >= 0.6 is 11.3 Å². The average molecular weight is 454 g/mol. The largest absolute Gasteiger partial charge is 0.472 e. The lowest BCUT2D eigenvalue weighted by Gasteiger charge is -2.41. The van der Waals surface area contributed by atoms with E-state index in [0.717, 1.165) is 47.4 Å². The fourth-order valence-electron chi connectivity index (χ4n) is 5.09. The van der Waals surface area contributed by atoms with Gasteiger partial charge in [-0.15, -0.1) is 11.3 Å². The van der Waals surface area contributed by atoms with Gasteiger partial charge in [0.1, 0.15) is 16.0 Å². The van der Waals surface area contributed by atoms with Crippen molar-refractivity contribution >= 4 is 39.1 Å². The lowest BCUT2D eigenvalue weighted by molar-refractivity contribution is 0.0607. The fourth-order valence-corrected chi connectivity index (χ4v) is 6.16. The molecule has 32 heavy (non-hydrogen) atoms. The van der Waals surface area contributed by atoms with Crippen molar-refractivity contribution in [3.63, 3.8) is 0 Å². The highest BCUT2D eigenvalue weighted by Gasteiger charge is 2.31. The molecule has 0 radical (unpaired) electrons. The summed E-state index contributed by atoms with van der Waals surface area (Å²) in [4.78, 5) is 33.4. The number of fused-ring (bicyclic) bond motifs is 2. The molecule has 0 aromatic carbocycles. The van der Waals surface area contributed by atoms with Gasteiger partial charge in [0.15, 0.2) is 0 Å². The van der Waals surface area contributed by atoms with Crippen LogP contribution in [0.3, 0.4) is 0 Å². The Morgan fingerprint density at radius 1 is 1.22 bits per heavy atom. The number of methoxy groups -OCH3 is 1. The van der Waals surface area contributed by atoms with Crippen LogP contribution in [0, 0.1) is 11.8 Å². The van der Waals surface area contributed by atoms with Crippen LogP contribution in [-0.4, -0.2) is 42.0 Å². The predicted molar refractivity (Wildman–Crippen MR) is 123 cm³/mol. The molecule has 168 valence electrons. The molecule has 4 heterocycles. The molecule has 2 fully saturated rings. The van der Waals surface area contributed by atoms with Gasteiger partial charge in [-0.3, -0.25) is 9.69 Å². The van der Waals surface area contributed by atoms with E-state index in [-0.39, 0.29) is 5.91 Å². The van der Waals surface area contributed by atoms with Crippen molar-refractivity contribution in [3.05, 3.63) is 46.9 Å². The van der Waals surface area contributed by atoms with E-state index in [1.54, 1.807) is 6.07 Å². The number of ether oxygens (including phenoxy) is 1. The van der Waals surface area contributed by atoms with Crippen LogP contribution in [0.25, 0.3) is 10.2 Å². The summed E-state index contributed by atoms with van der Waals surface area (Å²) in [5, 5.41) is 3.58. The molecule has 1 N–H and O–H groups in total. The van der Waals surface area contributed by atoms with Gasteiger partial charge >= 0.3 is 5.97 Å². The van der Waals surface area contributed by atoms with Crippen molar-refractivity contribution in [1.29, 1.82) is 0 Å². The zero-order valence-electron chi connectivity index (χ0n) is 18.1. The summed E-state index contributed by atoms with van der Waals surface area (Å²) in [6, 6.07) is 5.52. The highest BCUT2D eigenvalue weighted by atomic mass is 32.1. The maximum Gasteiger partial charge on any atom is 0.350 e. The van der Waals surface area contributed by atoms with E-state index in [4.69, 9.17) is 14.1 Å². The third-order valence-electron chi connectivity index (χ3n) is 6.77. The topological polar surface area (TPSA) is 84.7 Å². The van der Waals surface area contributed by atoms with Crippen LogP contribution in [-0.2, 0) is 11.3 Å². The number of aromatic nitrogens is 1. The number of esters is 1. The highest BCUT2D eigenvalue weighted by molar-refractivity contribution is 7.21. The summed E-state index contributed by atoms with van der Waals surface area (Å²) < 4.78 is 9.94. The number of nitrogens with zero attached hydrogens (tertiary/aromatic N) is 2. The van der Waals surface area contributed by atoms with Crippen LogP contribution in [0.5, 0.6) is 0 Å². The number of pyridine rings is 1. The van der Waals surface area contributed by atoms with Gasteiger partial charge < -0.3 is 14.5 Å². The summed E-state index contributed by atoms with van der Waals surface area (Å²) in [7, 11) is 1.34. The smallest absolute Gasteiger partial charge is 0.350 e. The van der Waals surface area contributed by atoms with Crippen molar-refractivity contribution in [2.45, 2.75) is 38.6 Å². The normalized spacial score (nSPS) is 21.3. The molecule has 2 aliphatic rings. The minimum Gasteiger partial charge on any atom is -0.472 e. The van der Waals surface area contributed by atoms with Crippen LogP contribution in [0.1, 0.15) is 57.8 Å². The minimum absolute atomic E-state index is 0.340. The van der Waals surface area contributed by atoms with E-state index in [1.165, 1.54) is 63.1 Å². The number of thiophene rings is 1. The molecule has 0 bridgehead atoms. The number of likely N-dealkylation sites (tertiary alicyclic amines) is 1. The first kappa shape index (κ1) is 21.2. The Labute approximate surface area is 190 Å². The van der Waals surface area contributed by atoms with Crippen molar-refractivity contribution < 1.29 is 18.7 Å². The monoisotopic (exact) mass is 453 g/mol. The summed E-state index contributed by atoms with van der Waals surface area (Å²) in [5.74, 6) is 0.884. The molecule has 1 saturated heterocycles. The number of rotatable bonds is 5. The van der Waals surface area contributed by atoms with Crippen molar-refractivity contribution in [3.8, 4) is 0 Å². The van der Waals surface area contributed by atoms with Crippen molar-refractivity contribution in [1.82, 2.24) is 9.88 Å². The number of carbonyl (C=O) groups is 2. The highest BCUT2D eigenvalue weighted by Crippen LogP contribution is 2.38. The fraction of sp³-hybridized carbons (Fsp3) is 0.458. The number of piperidine rings is 1. The maximum atomic E-state index is 12.6. The third-order valence-corrected chi connectivity index (χ3v) is 7.85. The first-order chi connectivity index (χ1) is 15.6. The number of hydrogen-bond donors (Lipinski definition) is 1. The van der Waals surface area contributed by atoms with Gasteiger partial charge in [0.25, 0.3) is 5.91 Å². The number of nitrogens with one attached hydrogen (secondary N) is 1. The Hall–Kier alpha value is -2.71. The Morgan fingerprint density at radius 2 is 2.06 bits per heavy atom. The van der Waals surface area contributed by atoms with Gasteiger partial charge in [-0.1, -0.05) is 19.3 Å². The molecule has 2 atom stereocenters. The molecular weight excluding hydrogens is 426 g/mol. The van der Waals surface area contributed by atoms with Crippen LogP contribution in [0.2, 0.25) is 0 Å². The number of hydrogen-bond acceptors (Lipinski definition) is 7. The van der Waals surface area contributed by atoms with Gasteiger partial charge in [-0.2, -0.15) is 0 Å². The molecule has 1 saturated carbocycles. The van der Waals surface area contributed by atoms with Crippen molar-refractivity contribution in [2.24, 2.45) is 11.8 Å². The number of carbonyl (C=O) groups excluding carboxylic acids is 2.